The van der Waals surface area contributed by atoms with Gasteiger partial charge < -0.3 is 5.73 Å². The SMILES string of the molecule is CC(C)C(C)(c1ccc(-c2cnc(N)nc2)cc1)c1n[nH]c(-c2ccccc2)n1. The van der Waals surface area contributed by atoms with Gasteiger partial charge in [0.15, 0.2) is 11.6 Å². The first kappa shape index (κ1) is 18.8. The molecule has 29 heavy (non-hydrogen) atoms. The highest BCUT2D eigenvalue weighted by molar-refractivity contribution is 5.63. The molecule has 146 valence electrons. The molecule has 0 spiro atoms. The third kappa shape index (κ3) is 3.49. The molecular weight excluding hydrogens is 360 g/mol. The molecule has 0 radical (unpaired) electrons. The van der Waals surface area contributed by atoms with Crippen LogP contribution < -0.4 is 5.73 Å². The normalized spacial score (nSPS) is 13.4. The van der Waals surface area contributed by atoms with Crippen molar-refractivity contribution >= 4 is 5.95 Å². The molecule has 0 aliphatic heterocycles. The number of benzene rings is 2. The first-order chi connectivity index (χ1) is 14.0. The number of nitrogens with two attached hydrogens (primary N) is 1. The summed E-state index contributed by atoms with van der Waals surface area (Å²) in [6, 6.07) is 18.5. The fourth-order valence-electron chi connectivity index (χ4n) is 3.44. The number of nitrogens with one attached hydrogen (secondary N) is 1. The van der Waals surface area contributed by atoms with Crippen LogP contribution in [0, 0.1) is 5.92 Å². The smallest absolute Gasteiger partial charge is 0.219 e. The molecule has 2 aromatic heterocycles. The van der Waals surface area contributed by atoms with Crippen LogP contribution in [-0.4, -0.2) is 25.1 Å². The Labute approximate surface area is 170 Å². The lowest BCUT2D eigenvalue weighted by atomic mass is 9.72. The molecule has 6 heteroatoms. The van der Waals surface area contributed by atoms with Crippen molar-refractivity contribution in [3.8, 4) is 22.5 Å². The van der Waals surface area contributed by atoms with E-state index < -0.39 is 0 Å². The minimum atomic E-state index is -0.334. The number of H-pyrrole nitrogens is 1. The lowest BCUT2D eigenvalue weighted by Gasteiger charge is -2.31. The Bertz CT molecular complexity index is 1080. The summed E-state index contributed by atoms with van der Waals surface area (Å²) < 4.78 is 0. The number of aromatic amines is 1. The van der Waals surface area contributed by atoms with E-state index in [4.69, 9.17) is 10.7 Å². The van der Waals surface area contributed by atoms with Crippen molar-refractivity contribution in [3.05, 3.63) is 78.4 Å². The Morgan fingerprint density at radius 2 is 1.52 bits per heavy atom. The Morgan fingerprint density at radius 1 is 0.862 bits per heavy atom. The second kappa shape index (κ2) is 7.47. The number of nitrogens with zero attached hydrogens (tertiary/aromatic N) is 4. The van der Waals surface area contributed by atoms with Crippen LogP contribution in [0.25, 0.3) is 22.5 Å². The molecule has 1 unspecified atom stereocenters. The predicted octanol–water partition coefficient (Wildman–Crippen LogP) is 4.47. The van der Waals surface area contributed by atoms with Crippen molar-refractivity contribution in [1.29, 1.82) is 0 Å². The van der Waals surface area contributed by atoms with Crippen molar-refractivity contribution in [2.45, 2.75) is 26.2 Å². The molecule has 6 nitrogen and oxygen atoms in total. The third-order valence-electron chi connectivity index (χ3n) is 5.64. The van der Waals surface area contributed by atoms with Gasteiger partial charge in [-0.15, -0.1) is 0 Å². The lowest BCUT2D eigenvalue weighted by molar-refractivity contribution is 0.385. The quantitative estimate of drug-likeness (QED) is 0.529. The number of anilines is 1. The molecule has 2 heterocycles. The minimum Gasteiger partial charge on any atom is -0.368 e. The van der Waals surface area contributed by atoms with Crippen LogP contribution in [-0.2, 0) is 5.41 Å². The highest BCUT2D eigenvalue weighted by Crippen LogP contribution is 2.38. The van der Waals surface area contributed by atoms with Crippen molar-refractivity contribution in [2.24, 2.45) is 5.92 Å². The molecule has 0 saturated carbocycles. The van der Waals surface area contributed by atoms with Gasteiger partial charge in [-0.25, -0.2) is 15.0 Å². The zero-order valence-corrected chi connectivity index (χ0v) is 16.8. The van der Waals surface area contributed by atoms with E-state index in [1.165, 1.54) is 0 Å². The van der Waals surface area contributed by atoms with E-state index in [0.29, 0.717) is 5.92 Å². The first-order valence-corrected chi connectivity index (χ1v) is 9.65. The van der Waals surface area contributed by atoms with E-state index in [9.17, 15) is 0 Å². The number of hydrogen-bond acceptors (Lipinski definition) is 5. The second-order valence-electron chi connectivity index (χ2n) is 7.64. The fourth-order valence-corrected chi connectivity index (χ4v) is 3.44. The molecule has 0 bridgehead atoms. The third-order valence-corrected chi connectivity index (χ3v) is 5.64. The van der Waals surface area contributed by atoms with E-state index in [1.807, 2.05) is 30.3 Å². The van der Waals surface area contributed by atoms with Crippen molar-refractivity contribution in [2.75, 3.05) is 5.73 Å². The highest BCUT2D eigenvalue weighted by Gasteiger charge is 2.36. The Balaban J connectivity index is 1.70. The molecule has 0 saturated heterocycles. The van der Waals surface area contributed by atoms with Gasteiger partial charge in [-0.2, -0.15) is 5.10 Å². The number of hydrogen-bond donors (Lipinski definition) is 2. The van der Waals surface area contributed by atoms with E-state index in [0.717, 1.165) is 33.9 Å². The predicted molar refractivity (Wildman–Crippen MR) is 115 cm³/mol. The van der Waals surface area contributed by atoms with Gasteiger partial charge in [-0.3, -0.25) is 5.10 Å². The number of aromatic nitrogens is 5. The van der Waals surface area contributed by atoms with Crippen molar-refractivity contribution in [3.63, 3.8) is 0 Å². The van der Waals surface area contributed by atoms with Crippen LogP contribution >= 0.6 is 0 Å². The Kier molecular flexibility index (Phi) is 4.84. The van der Waals surface area contributed by atoms with Gasteiger partial charge in [0, 0.05) is 23.5 Å². The molecule has 3 N–H and O–H groups in total. The average molecular weight is 384 g/mol. The van der Waals surface area contributed by atoms with Crippen LogP contribution in [0.5, 0.6) is 0 Å². The van der Waals surface area contributed by atoms with E-state index in [-0.39, 0.29) is 11.4 Å². The largest absolute Gasteiger partial charge is 0.368 e. The van der Waals surface area contributed by atoms with Crippen molar-refractivity contribution < 1.29 is 0 Å². The summed E-state index contributed by atoms with van der Waals surface area (Å²) in [4.78, 5) is 13.0. The summed E-state index contributed by atoms with van der Waals surface area (Å²) in [6.07, 6.45) is 3.47. The zero-order chi connectivity index (χ0) is 20.4. The maximum Gasteiger partial charge on any atom is 0.219 e. The molecule has 4 rings (SSSR count). The van der Waals surface area contributed by atoms with Gasteiger partial charge >= 0.3 is 0 Å². The molecule has 0 aliphatic rings. The first-order valence-electron chi connectivity index (χ1n) is 9.65. The number of nitrogen functional groups attached to an aromatic ring is 1. The van der Waals surface area contributed by atoms with E-state index in [1.54, 1.807) is 12.4 Å². The van der Waals surface area contributed by atoms with Gasteiger partial charge in [-0.1, -0.05) is 68.4 Å². The highest BCUT2D eigenvalue weighted by atomic mass is 15.2. The summed E-state index contributed by atoms with van der Waals surface area (Å²) in [5.41, 5.74) is 9.41. The minimum absolute atomic E-state index is 0.275. The molecule has 0 fully saturated rings. The molecule has 0 amide bonds. The van der Waals surface area contributed by atoms with Gasteiger partial charge in [0.05, 0.1) is 5.41 Å². The lowest BCUT2D eigenvalue weighted by Crippen LogP contribution is -2.31. The molecule has 2 aromatic carbocycles. The maximum absolute atomic E-state index is 5.59. The monoisotopic (exact) mass is 384 g/mol. The maximum atomic E-state index is 5.59. The van der Waals surface area contributed by atoms with Gasteiger partial charge in [0.25, 0.3) is 0 Å². The van der Waals surface area contributed by atoms with Crippen LogP contribution in [0.1, 0.15) is 32.2 Å². The molecule has 1 atom stereocenters. The second-order valence-corrected chi connectivity index (χ2v) is 7.64. The van der Waals surface area contributed by atoms with Crippen LogP contribution in [0.3, 0.4) is 0 Å². The Morgan fingerprint density at radius 3 is 2.14 bits per heavy atom. The van der Waals surface area contributed by atoms with Gasteiger partial charge in [0.2, 0.25) is 5.95 Å². The molecule has 0 aliphatic carbocycles. The summed E-state index contributed by atoms with van der Waals surface area (Å²) in [6.45, 7) is 6.58. The van der Waals surface area contributed by atoms with Crippen LogP contribution in [0.2, 0.25) is 0 Å². The summed E-state index contributed by atoms with van der Waals surface area (Å²) in [5, 5.41) is 7.69. The zero-order valence-electron chi connectivity index (χ0n) is 16.8. The average Bonchev–Trinajstić information content (AvgIpc) is 3.25. The fraction of sp³-hybridized carbons (Fsp3) is 0.217. The van der Waals surface area contributed by atoms with Crippen molar-refractivity contribution in [1.82, 2.24) is 25.1 Å². The standard InChI is InChI=1S/C23H24N6/c1-15(2)23(3,21-27-20(28-29-21)17-7-5-4-6-8-17)19-11-9-16(10-12-19)18-13-25-22(24)26-14-18/h4-15H,1-3H3,(H2,24,25,26)(H,27,28,29). The van der Waals surface area contributed by atoms with Crippen LogP contribution in [0.4, 0.5) is 5.95 Å². The molecular formula is C23H24N6. The van der Waals surface area contributed by atoms with E-state index >= 15 is 0 Å². The summed E-state index contributed by atoms with van der Waals surface area (Å²) >= 11 is 0. The van der Waals surface area contributed by atoms with Crippen LogP contribution in [0.15, 0.2) is 67.0 Å². The topological polar surface area (TPSA) is 93.4 Å². The van der Waals surface area contributed by atoms with E-state index in [2.05, 4.69) is 65.2 Å². The Hall–Kier alpha value is -3.54. The van der Waals surface area contributed by atoms with Gasteiger partial charge in [-0.05, 0) is 24.0 Å². The summed E-state index contributed by atoms with van der Waals surface area (Å²) in [5.74, 6) is 2.14. The summed E-state index contributed by atoms with van der Waals surface area (Å²) in [7, 11) is 0. The number of rotatable bonds is 5. The molecule has 4 aromatic rings. The van der Waals surface area contributed by atoms with Gasteiger partial charge in [0.1, 0.15) is 0 Å².